The standard InChI is InChI=1S/C21H31N3O2S/c1-20(2,3)16-7-5-15(6-8-16)18(25)24-14-27-11-17(24)19(26)23-10-9-21(4,12-22)13-23/h5-8,17H,9-14,22H2,1-4H3. The van der Waals surface area contributed by atoms with Gasteiger partial charge in [0.15, 0.2) is 0 Å². The van der Waals surface area contributed by atoms with Crippen LogP contribution in [0.4, 0.5) is 0 Å². The molecule has 2 amide bonds. The molecule has 2 aliphatic heterocycles. The Labute approximate surface area is 166 Å². The molecule has 0 spiro atoms. The molecule has 2 aliphatic rings. The van der Waals surface area contributed by atoms with Crippen LogP contribution in [0.15, 0.2) is 24.3 Å². The van der Waals surface area contributed by atoms with E-state index >= 15 is 0 Å². The summed E-state index contributed by atoms with van der Waals surface area (Å²) in [6.45, 7) is 10.6. The van der Waals surface area contributed by atoms with E-state index in [0.29, 0.717) is 30.3 Å². The number of hydrogen-bond acceptors (Lipinski definition) is 4. The lowest BCUT2D eigenvalue weighted by Gasteiger charge is -2.29. The first-order valence-corrected chi connectivity index (χ1v) is 10.8. The van der Waals surface area contributed by atoms with Gasteiger partial charge in [0.1, 0.15) is 6.04 Å². The molecule has 2 fully saturated rings. The van der Waals surface area contributed by atoms with Gasteiger partial charge in [0.25, 0.3) is 5.91 Å². The second-order valence-corrected chi connectivity index (χ2v) is 10.1. The Morgan fingerprint density at radius 2 is 1.93 bits per heavy atom. The Bertz CT molecular complexity index is 713. The molecule has 2 N–H and O–H groups in total. The zero-order chi connectivity index (χ0) is 19.8. The first-order valence-electron chi connectivity index (χ1n) is 9.63. The molecule has 0 aliphatic carbocycles. The van der Waals surface area contributed by atoms with Crippen molar-refractivity contribution in [1.82, 2.24) is 9.80 Å². The van der Waals surface area contributed by atoms with Crippen LogP contribution in [0.3, 0.4) is 0 Å². The van der Waals surface area contributed by atoms with E-state index in [9.17, 15) is 9.59 Å². The van der Waals surface area contributed by atoms with Crippen LogP contribution in [0.2, 0.25) is 0 Å². The van der Waals surface area contributed by atoms with E-state index in [0.717, 1.165) is 13.0 Å². The molecule has 0 aromatic heterocycles. The summed E-state index contributed by atoms with van der Waals surface area (Å²) in [7, 11) is 0. The number of amides is 2. The zero-order valence-corrected chi connectivity index (χ0v) is 17.6. The maximum absolute atomic E-state index is 13.1. The van der Waals surface area contributed by atoms with Gasteiger partial charge in [0, 0.05) is 24.4 Å². The summed E-state index contributed by atoms with van der Waals surface area (Å²) in [6.07, 6.45) is 0.928. The van der Waals surface area contributed by atoms with Gasteiger partial charge in [-0.05, 0) is 41.5 Å². The van der Waals surface area contributed by atoms with E-state index in [2.05, 4.69) is 27.7 Å². The van der Waals surface area contributed by atoms with Crippen molar-refractivity contribution in [2.24, 2.45) is 11.1 Å². The molecule has 2 saturated heterocycles. The number of carbonyl (C=O) groups excluding carboxylic acids is 2. The summed E-state index contributed by atoms with van der Waals surface area (Å²) in [5.74, 6) is 1.25. The second kappa shape index (κ2) is 7.47. The van der Waals surface area contributed by atoms with Crippen molar-refractivity contribution in [1.29, 1.82) is 0 Å². The Kier molecular flexibility index (Phi) is 5.59. The normalized spacial score (nSPS) is 25.9. The predicted octanol–water partition coefficient (Wildman–Crippen LogP) is 2.70. The van der Waals surface area contributed by atoms with Crippen LogP contribution in [0.5, 0.6) is 0 Å². The minimum absolute atomic E-state index is 0.000959. The molecule has 1 aromatic carbocycles. The van der Waals surface area contributed by atoms with E-state index in [1.807, 2.05) is 29.2 Å². The molecule has 3 rings (SSSR count). The topological polar surface area (TPSA) is 66.6 Å². The predicted molar refractivity (Wildman–Crippen MR) is 111 cm³/mol. The molecule has 5 nitrogen and oxygen atoms in total. The summed E-state index contributed by atoms with van der Waals surface area (Å²) >= 11 is 1.65. The summed E-state index contributed by atoms with van der Waals surface area (Å²) in [6, 6.07) is 7.43. The summed E-state index contributed by atoms with van der Waals surface area (Å²) in [4.78, 5) is 29.7. The highest BCUT2D eigenvalue weighted by molar-refractivity contribution is 7.99. The van der Waals surface area contributed by atoms with Gasteiger partial charge in [-0.2, -0.15) is 0 Å². The number of benzene rings is 1. The maximum Gasteiger partial charge on any atom is 0.255 e. The number of nitrogens with zero attached hydrogens (tertiary/aromatic N) is 2. The van der Waals surface area contributed by atoms with E-state index in [-0.39, 0.29) is 28.7 Å². The molecule has 2 atom stereocenters. The van der Waals surface area contributed by atoms with Gasteiger partial charge in [-0.3, -0.25) is 9.59 Å². The molecule has 0 saturated carbocycles. The SMILES string of the molecule is CC1(CN)CCN(C(=O)C2CSCN2C(=O)c2ccc(C(C)(C)C)cc2)C1. The van der Waals surface area contributed by atoms with E-state index in [4.69, 9.17) is 5.73 Å². The van der Waals surface area contributed by atoms with Gasteiger partial charge >= 0.3 is 0 Å². The van der Waals surface area contributed by atoms with E-state index < -0.39 is 0 Å². The van der Waals surface area contributed by atoms with Gasteiger partial charge in [-0.15, -0.1) is 11.8 Å². The molecule has 27 heavy (non-hydrogen) atoms. The van der Waals surface area contributed by atoms with Crippen molar-refractivity contribution >= 4 is 23.6 Å². The number of nitrogens with two attached hydrogens (primary N) is 1. The lowest BCUT2D eigenvalue weighted by molar-refractivity contribution is -0.134. The number of carbonyl (C=O) groups is 2. The molecule has 148 valence electrons. The number of likely N-dealkylation sites (tertiary alicyclic amines) is 1. The third kappa shape index (κ3) is 4.16. The number of hydrogen-bond donors (Lipinski definition) is 1. The number of thioether (sulfide) groups is 1. The fourth-order valence-electron chi connectivity index (χ4n) is 3.72. The summed E-state index contributed by atoms with van der Waals surface area (Å²) < 4.78 is 0. The highest BCUT2D eigenvalue weighted by atomic mass is 32.2. The summed E-state index contributed by atoms with van der Waals surface area (Å²) in [5.41, 5.74) is 7.77. The number of rotatable bonds is 3. The van der Waals surface area contributed by atoms with Crippen molar-refractivity contribution in [3.8, 4) is 0 Å². The van der Waals surface area contributed by atoms with Crippen LogP contribution in [0.1, 0.15) is 50.0 Å². The first-order chi connectivity index (χ1) is 12.6. The van der Waals surface area contributed by atoms with Crippen molar-refractivity contribution < 1.29 is 9.59 Å². The van der Waals surface area contributed by atoms with Crippen LogP contribution >= 0.6 is 11.8 Å². The van der Waals surface area contributed by atoms with Crippen LogP contribution in [0.25, 0.3) is 0 Å². The average Bonchev–Trinajstić information content (AvgIpc) is 3.27. The third-order valence-electron chi connectivity index (χ3n) is 5.79. The van der Waals surface area contributed by atoms with Crippen molar-refractivity contribution in [3.63, 3.8) is 0 Å². The lowest BCUT2D eigenvalue weighted by Crippen LogP contribution is -2.49. The van der Waals surface area contributed by atoms with E-state index in [1.54, 1.807) is 16.7 Å². The largest absolute Gasteiger partial charge is 0.340 e. The van der Waals surface area contributed by atoms with E-state index in [1.165, 1.54) is 5.56 Å². The first kappa shape index (κ1) is 20.2. The molecule has 0 bridgehead atoms. The monoisotopic (exact) mass is 389 g/mol. The van der Waals surface area contributed by atoms with Gasteiger partial charge in [0.2, 0.25) is 5.91 Å². The Morgan fingerprint density at radius 3 is 2.48 bits per heavy atom. The van der Waals surface area contributed by atoms with Gasteiger partial charge in [0.05, 0.1) is 5.88 Å². The zero-order valence-electron chi connectivity index (χ0n) is 16.8. The minimum atomic E-state index is -0.370. The molecule has 0 radical (unpaired) electrons. The van der Waals surface area contributed by atoms with Gasteiger partial charge < -0.3 is 15.5 Å². The summed E-state index contributed by atoms with van der Waals surface area (Å²) in [5, 5.41) is 0. The highest BCUT2D eigenvalue weighted by Crippen LogP contribution is 2.32. The third-order valence-corrected chi connectivity index (χ3v) is 6.80. The second-order valence-electron chi connectivity index (χ2n) is 9.14. The minimum Gasteiger partial charge on any atom is -0.340 e. The molecule has 2 unspecified atom stereocenters. The Balaban J connectivity index is 1.72. The Hall–Kier alpha value is -1.53. The smallest absolute Gasteiger partial charge is 0.255 e. The van der Waals surface area contributed by atoms with Crippen molar-refractivity contribution in [2.45, 2.75) is 45.6 Å². The molecule has 6 heteroatoms. The van der Waals surface area contributed by atoms with Gasteiger partial charge in [-0.1, -0.05) is 39.8 Å². The maximum atomic E-state index is 13.1. The molecule has 2 heterocycles. The van der Waals surface area contributed by atoms with Crippen LogP contribution < -0.4 is 5.73 Å². The van der Waals surface area contributed by atoms with Gasteiger partial charge in [-0.25, -0.2) is 0 Å². The average molecular weight is 390 g/mol. The lowest BCUT2D eigenvalue weighted by atomic mass is 9.86. The quantitative estimate of drug-likeness (QED) is 0.863. The Morgan fingerprint density at radius 1 is 1.26 bits per heavy atom. The molecular weight excluding hydrogens is 358 g/mol. The van der Waals surface area contributed by atoms with Crippen molar-refractivity contribution in [2.75, 3.05) is 31.3 Å². The fraction of sp³-hybridized carbons (Fsp3) is 0.619. The fourth-order valence-corrected chi connectivity index (χ4v) is 4.86. The van der Waals surface area contributed by atoms with Crippen LogP contribution in [-0.2, 0) is 10.2 Å². The van der Waals surface area contributed by atoms with Crippen LogP contribution in [-0.4, -0.2) is 58.9 Å². The molecular formula is C21H31N3O2S. The van der Waals surface area contributed by atoms with Crippen molar-refractivity contribution in [3.05, 3.63) is 35.4 Å². The highest BCUT2D eigenvalue weighted by Gasteiger charge is 2.42. The van der Waals surface area contributed by atoms with Crippen LogP contribution in [0, 0.1) is 5.41 Å². The molecule has 1 aromatic rings.